The lowest BCUT2D eigenvalue weighted by Crippen LogP contribution is -1.94. The zero-order valence-corrected chi connectivity index (χ0v) is 7.30. The summed E-state index contributed by atoms with van der Waals surface area (Å²) in [6.07, 6.45) is 4.34. The van der Waals surface area contributed by atoms with E-state index < -0.39 is 5.97 Å². The summed E-state index contributed by atoms with van der Waals surface area (Å²) in [7, 11) is 0. The van der Waals surface area contributed by atoms with Crippen molar-refractivity contribution >= 4 is 17.7 Å². The van der Waals surface area contributed by atoms with Crippen LogP contribution in [-0.2, 0) is 4.79 Å². The summed E-state index contributed by atoms with van der Waals surface area (Å²) in [6.45, 7) is 0. The van der Waals surface area contributed by atoms with Crippen molar-refractivity contribution in [3.63, 3.8) is 0 Å². The Labute approximate surface area is 74.4 Å². The molecule has 0 saturated heterocycles. The van der Waals surface area contributed by atoms with E-state index in [-0.39, 0.29) is 6.42 Å². The standard InChI is InChI=1S/C7H10N2O2S/c10-6(11)2-1-5-12-7-8-3-4-9-7/h3-4H,1-2,5H2,(H,8,9)(H,10,11). The molecule has 0 amide bonds. The van der Waals surface area contributed by atoms with Crippen LogP contribution >= 0.6 is 11.8 Å². The Balaban J connectivity index is 2.07. The van der Waals surface area contributed by atoms with Crippen LogP contribution in [0.15, 0.2) is 17.6 Å². The third-order valence-electron chi connectivity index (χ3n) is 1.25. The second-order valence-corrected chi connectivity index (χ2v) is 3.32. The Morgan fingerprint density at radius 3 is 3.17 bits per heavy atom. The largest absolute Gasteiger partial charge is 0.481 e. The first kappa shape index (κ1) is 9.12. The zero-order valence-electron chi connectivity index (χ0n) is 6.49. The third kappa shape index (κ3) is 3.43. The number of thioether (sulfide) groups is 1. The maximum absolute atomic E-state index is 10.1. The molecule has 4 nitrogen and oxygen atoms in total. The smallest absolute Gasteiger partial charge is 0.303 e. The van der Waals surface area contributed by atoms with Crippen molar-refractivity contribution in [2.24, 2.45) is 0 Å². The average Bonchev–Trinajstić information content (AvgIpc) is 2.49. The Hall–Kier alpha value is -0.970. The molecule has 1 aromatic rings. The molecule has 0 spiro atoms. The van der Waals surface area contributed by atoms with Crippen LogP contribution in [-0.4, -0.2) is 26.8 Å². The van der Waals surface area contributed by atoms with Crippen LogP contribution in [0.3, 0.4) is 0 Å². The second kappa shape index (κ2) is 4.82. The number of rotatable bonds is 5. The van der Waals surface area contributed by atoms with E-state index >= 15 is 0 Å². The van der Waals surface area contributed by atoms with Gasteiger partial charge in [0.1, 0.15) is 0 Å². The minimum absolute atomic E-state index is 0.230. The summed E-state index contributed by atoms with van der Waals surface area (Å²) in [5.41, 5.74) is 0. The molecule has 0 aliphatic carbocycles. The van der Waals surface area contributed by atoms with E-state index in [4.69, 9.17) is 5.11 Å². The van der Waals surface area contributed by atoms with Gasteiger partial charge in [0, 0.05) is 24.6 Å². The van der Waals surface area contributed by atoms with Crippen molar-refractivity contribution in [1.82, 2.24) is 9.97 Å². The van der Waals surface area contributed by atoms with E-state index in [9.17, 15) is 4.79 Å². The maximum Gasteiger partial charge on any atom is 0.303 e. The molecule has 1 aromatic heterocycles. The van der Waals surface area contributed by atoms with E-state index in [1.165, 1.54) is 11.8 Å². The van der Waals surface area contributed by atoms with Crippen molar-refractivity contribution in [2.75, 3.05) is 5.75 Å². The van der Waals surface area contributed by atoms with Crippen LogP contribution in [0.25, 0.3) is 0 Å². The van der Waals surface area contributed by atoms with Crippen LogP contribution in [0, 0.1) is 0 Å². The summed E-state index contributed by atoms with van der Waals surface area (Å²) < 4.78 is 0. The normalized spacial score (nSPS) is 10.0. The Kier molecular flexibility index (Phi) is 3.66. The minimum Gasteiger partial charge on any atom is -0.481 e. The molecule has 0 fully saturated rings. The summed E-state index contributed by atoms with van der Waals surface area (Å²) in [4.78, 5) is 17.1. The first-order valence-corrected chi connectivity index (χ1v) is 4.61. The van der Waals surface area contributed by atoms with Gasteiger partial charge >= 0.3 is 5.97 Å². The number of aromatic nitrogens is 2. The molecule has 0 atom stereocenters. The molecule has 0 unspecified atom stereocenters. The Bertz CT molecular complexity index is 236. The SMILES string of the molecule is O=C(O)CCCSc1ncc[nH]1. The highest BCUT2D eigenvalue weighted by Crippen LogP contribution is 2.13. The van der Waals surface area contributed by atoms with Gasteiger partial charge in [-0.3, -0.25) is 4.79 Å². The second-order valence-electron chi connectivity index (χ2n) is 2.24. The Morgan fingerprint density at radius 2 is 2.58 bits per heavy atom. The molecule has 1 rings (SSSR count). The van der Waals surface area contributed by atoms with Gasteiger partial charge in [-0.15, -0.1) is 0 Å². The summed E-state index contributed by atoms with van der Waals surface area (Å²) in [5.74, 6) is 0.0508. The van der Waals surface area contributed by atoms with Crippen LogP contribution in [0.5, 0.6) is 0 Å². The predicted molar refractivity (Wildman–Crippen MR) is 46.2 cm³/mol. The van der Waals surface area contributed by atoms with Crippen molar-refractivity contribution in [1.29, 1.82) is 0 Å². The highest BCUT2D eigenvalue weighted by Gasteiger charge is 1.98. The number of nitrogens with one attached hydrogen (secondary N) is 1. The van der Waals surface area contributed by atoms with Crippen LogP contribution in [0.1, 0.15) is 12.8 Å². The molecule has 2 N–H and O–H groups in total. The van der Waals surface area contributed by atoms with Crippen molar-refractivity contribution in [3.8, 4) is 0 Å². The number of imidazole rings is 1. The number of nitrogens with zero attached hydrogens (tertiary/aromatic N) is 1. The van der Waals surface area contributed by atoms with Crippen LogP contribution in [0.2, 0.25) is 0 Å². The topological polar surface area (TPSA) is 66.0 Å². The molecule has 0 bridgehead atoms. The highest BCUT2D eigenvalue weighted by molar-refractivity contribution is 7.99. The predicted octanol–water partition coefficient (Wildman–Crippen LogP) is 1.37. The molecule has 0 saturated carbocycles. The third-order valence-corrected chi connectivity index (χ3v) is 2.24. The highest BCUT2D eigenvalue weighted by atomic mass is 32.2. The average molecular weight is 186 g/mol. The summed E-state index contributed by atoms with van der Waals surface area (Å²) in [6, 6.07) is 0. The number of carboxylic acids is 1. The molecule has 5 heteroatoms. The van der Waals surface area contributed by atoms with Crippen LogP contribution < -0.4 is 0 Å². The van der Waals surface area contributed by atoms with Crippen molar-refractivity contribution in [3.05, 3.63) is 12.4 Å². The summed E-state index contributed by atoms with van der Waals surface area (Å²) >= 11 is 1.54. The van der Waals surface area contributed by atoms with Gasteiger partial charge in [-0.2, -0.15) is 0 Å². The number of aromatic amines is 1. The van der Waals surface area contributed by atoms with Gasteiger partial charge in [0.25, 0.3) is 0 Å². The molecule has 0 aromatic carbocycles. The lowest BCUT2D eigenvalue weighted by Gasteiger charge is -1.94. The van der Waals surface area contributed by atoms with Crippen molar-refractivity contribution < 1.29 is 9.90 Å². The van der Waals surface area contributed by atoms with Gasteiger partial charge in [-0.1, -0.05) is 11.8 Å². The number of carboxylic acid groups (broad SMARTS) is 1. The van der Waals surface area contributed by atoms with Crippen LogP contribution in [0.4, 0.5) is 0 Å². The molecule has 0 aliphatic rings. The Morgan fingerprint density at radius 1 is 1.75 bits per heavy atom. The quantitative estimate of drug-likeness (QED) is 0.538. The number of hydrogen-bond donors (Lipinski definition) is 2. The fourth-order valence-electron chi connectivity index (χ4n) is 0.722. The molecule has 0 radical (unpaired) electrons. The first-order valence-electron chi connectivity index (χ1n) is 3.63. The molecule has 66 valence electrons. The van der Waals surface area contributed by atoms with Gasteiger partial charge in [0.15, 0.2) is 5.16 Å². The first-order chi connectivity index (χ1) is 5.79. The fourth-order valence-corrected chi connectivity index (χ4v) is 1.49. The lowest BCUT2D eigenvalue weighted by atomic mass is 10.3. The molecule has 0 aliphatic heterocycles. The van der Waals surface area contributed by atoms with Gasteiger partial charge in [0.05, 0.1) is 0 Å². The fraction of sp³-hybridized carbons (Fsp3) is 0.429. The maximum atomic E-state index is 10.1. The van der Waals surface area contributed by atoms with E-state index in [0.29, 0.717) is 6.42 Å². The minimum atomic E-state index is -0.741. The monoisotopic (exact) mass is 186 g/mol. The summed E-state index contributed by atoms with van der Waals surface area (Å²) in [5, 5.41) is 9.19. The zero-order chi connectivity index (χ0) is 8.81. The van der Waals surface area contributed by atoms with E-state index in [1.54, 1.807) is 12.4 Å². The van der Waals surface area contributed by atoms with E-state index in [1.807, 2.05) is 0 Å². The number of aliphatic carboxylic acids is 1. The lowest BCUT2D eigenvalue weighted by molar-refractivity contribution is -0.137. The van der Waals surface area contributed by atoms with Gasteiger partial charge < -0.3 is 10.1 Å². The number of hydrogen-bond acceptors (Lipinski definition) is 3. The molecule has 12 heavy (non-hydrogen) atoms. The van der Waals surface area contributed by atoms with Gasteiger partial charge in [0.2, 0.25) is 0 Å². The van der Waals surface area contributed by atoms with Gasteiger partial charge in [-0.05, 0) is 6.42 Å². The van der Waals surface area contributed by atoms with E-state index in [0.717, 1.165) is 10.9 Å². The van der Waals surface area contributed by atoms with Crippen molar-refractivity contribution in [2.45, 2.75) is 18.0 Å². The molecular weight excluding hydrogens is 176 g/mol. The molecule has 1 heterocycles. The number of H-pyrrole nitrogens is 1. The number of carbonyl (C=O) groups is 1. The van der Waals surface area contributed by atoms with Gasteiger partial charge in [-0.25, -0.2) is 4.98 Å². The molecular formula is C7H10N2O2S. The van der Waals surface area contributed by atoms with E-state index in [2.05, 4.69) is 9.97 Å².